The van der Waals surface area contributed by atoms with Gasteiger partial charge in [0.25, 0.3) is 0 Å². The van der Waals surface area contributed by atoms with E-state index in [1.54, 1.807) is 77.0 Å². The predicted molar refractivity (Wildman–Crippen MR) is 124 cm³/mol. The molecule has 0 aromatic heterocycles. The molecule has 0 heterocycles. The lowest BCUT2D eigenvalue weighted by Gasteiger charge is -2.29. The summed E-state index contributed by atoms with van der Waals surface area (Å²) in [5.41, 5.74) is 0. The van der Waals surface area contributed by atoms with Crippen LogP contribution in [-0.2, 0) is 0 Å². The summed E-state index contributed by atoms with van der Waals surface area (Å²) >= 11 is 3.18. The maximum atomic E-state index is 3.18. The maximum absolute atomic E-state index is 3.18. The van der Waals surface area contributed by atoms with Crippen LogP contribution in [0, 0.1) is 52.2 Å². The van der Waals surface area contributed by atoms with Crippen LogP contribution < -0.4 is 0 Å². The fourth-order valence-electron chi connectivity index (χ4n) is 7.66. The molecule has 0 saturated heterocycles. The zero-order chi connectivity index (χ0) is 19.2. The quantitative estimate of drug-likeness (QED) is 0.232. The first-order valence-electron chi connectivity index (χ1n) is 12.9. The molecule has 1 heteroatoms. The third-order valence-corrected chi connectivity index (χ3v) is 9.49. The number of fused-ring (bicyclic) bond motifs is 1. The van der Waals surface area contributed by atoms with Crippen molar-refractivity contribution in [2.75, 3.05) is 0 Å². The van der Waals surface area contributed by atoms with Crippen molar-refractivity contribution in [3.63, 3.8) is 0 Å². The van der Waals surface area contributed by atoms with E-state index in [2.05, 4.69) is 26.7 Å². The lowest BCUT2D eigenvalue weighted by molar-refractivity contribution is 0.219. The lowest BCUT2D eigenvalue weighted by Crippen LogP contribution is -2.18. The third-order valence-electron chi connectivity index (χ3n) is 9.21. The van der Waals surface area contributed by atoms with Crippen molar-refractivity contribution in [2.24, 2.45) is 41.4 Å². The molecule has 0 spiro atoms. The van der Waals surface area contributed by atoms with E-state index in [0.29, 0.717) is 0 Å². The molecule has 0 aliphatic heterocycles. The Hall–Kier alpha value is 0.0400. The van der Waals surface area contributed by atoms with Crippen LogP contribution in [0.4, 0.5) is 0 Å². The second kappa shape index (κ2) is 10.9. The molecule has 6 unspecified atom stereocenters. The van der Waals surface area contributed by atoms with Crippen molar-refractivity contribution in [1.82, 2.24) is 0 Å². The summed E-state index contributed by atoms with van der Waals surface area (Å²) in [7, 11) is 0. The molecule has 0 nitrogen and oxygen atoms in total. The Morgan fingerprint density at radius 2 is 1.14 bits per heavy atom. The predicted octanol–water partition coefficient (Wildman–Crippen LogP) is 8.73. The molecular weight excluding hydrogens is 404 g/mol. The molecule has 4 fully saturated rings. The molecule has 0 radical (unpaired) electrons. The largest absolute Gasteiger partial charge is 0.0908 e. The number of unbranched alkanes of at least 4 members (excludes halogenated alkanes) is 4. The van der Waals surface area contributed by atoms with Crippen LogP contribution >= 0.6 is 15.9 Å². The standard InChI is InChI=1S/C27H43Br/c28-14-6-4-2-1-3-5-7-21-8-9-22(15-21)16-23-10-11-24(17-23)18-25-19-26-12-13-27(26)20-25/h21-27H,1-5,7-13,15-20H2. The van der Waals surface area contributed by atoms with Gasteiger partial charge in [-0.05, 0) is 104 Å². The van der Waals surface area contributed by atoms with Crippen LogP contribution in [0.15, 0.2) is 0 Å². The van der Waals surface area contributed by atoms with Gasteiger partial charge in [-0.25, -0.2) is 0 Å². The van der Waals surface area contributed by atoms with Gasteiger partial charge in [-0.1, -0.05) is 57.3 Å². The van der Waals surface area contributed by atoms with E-state index in [0.717, 1.165) is 36.0 Å². The van der Waals surface area contributed by atoms with Crippen molar-refractivity contribution in [1.29, 1.82) is 0 Å². The van der Waals surface area contributed by atoms with E-state index >= 15 is 0 Å². The summed E-state index contributed by atoms with van der Waals surface area (Å²) in [6.07, 6.45) is 27.1. The molecule has 0 aromatic carbocycles. The molecule has 4 rings (SSSR count). The minimum atomic E-state index is 1.07. The highest BCUT2D eigenvalue weighted by Crippen LogP contribution is 2.52. The summed E-state index contributed by atoms with van der Waals surface area (Å²) < 4.78 is 0. The van der Waals surface area contributed by atoms with Gasteiger partial charge in [0.15, 0.2) is 0 Å². The van der Waals surface area contributed by atoms with Gasteiger partial charge in [0.05, 0.1) is 0 Å². The zero-order valence-electron chi connectivity index (χ0n) is 18.1. The Balaban J connectivity index is 1.05. The number of halogens is 1. The van der Waals surface area contributed by atoms with Gasteiger partial charge in [-0.2, -0.15) is 0 Å². The summed E-state index contributed by atoms with van der Waals surface area (Å²) in [6.45, 7) is 0. The Bertz CT molecular complexity index is 516. The Morgan fingerprint density at radius 3 is 1.79 bits per heavy atom. The molecule has 0 amide bonds. The summed E-state index contributed by atoms with van der Waals surface area (Å²) in [4.78, 5) is 2.83. The van der Waals surface area contributed by atoms with Crippen LogP contribution in [0.2, 0.25) is 0 Å². The van der Waals surface area contributed by atoms with E-state index in [4.69, 9.17) is 0 Å². The molecule has 0 N–H and O–H groups in total. The highest BCUT2D eigenvalue weighted by atomic mass is 79.9. The van der Waals surface area contributed by atoms with Crippen LogP contribution in [0.5, 0.6) is 0 Å². The van der Waals surface area contributed by atoms with Crippen LogP contribution in [0.25, 0.3) is 0 Å². The number of rotatable bonds is 10. The average Bonchev–Trinajstić information content (AvgIpc) is 3.37. The summed E-state index contributed by atoms with van der Waals surface area (Å²) in [5.74, 6) is 10.9. The van der Waals surface area contributed by atoms with Gasteiger partial charge in [0, 0.05) is 22.4 Å². The smallest absolute Gasteiger partial charge is 0.0106 e. The Labute approximate surface area is 183 Å². The minimum absolute atomic E-state index is 1.07. The number of hydrogen-bond donors (Lipinski definition) is 0. The molecule has 6 atom stereocenters. The van der Waals surface area contributed by atoms with Crippen molar-refractivity contribution < 1.29 is 0 Å². The molecule has 0 bridgehead atoms. The van der Waals surface area contributed by atoms with Gasteiger partial charge in [0.2, 0.25) is 0 Å². The SMILES string of the molecule is BrC#CCCCCCCC1CCC(CC2CCC(CC3CC4CCC4C3)C2)C1. The van der Waals surface area contributed by atoms with Crippen molar-refractivity contribution in [3.05, 3.63) is 0 Å². The van der Waals surface area contributed by atoms with Gasteiger partial charge in [-0.3, -0.25) is 0 Å². The Kier molecular flexibility index (Phi) is 8.27. The van der Waals surface area contributed by atoms with Crippen LogP contribution in [0.1, 0.15) is 116 Å². The molecular formula is C27H43Br. The van der Waals surface area contributed by atoms with Gasteiger partial charge >= 0.3 is 0 Å². The number of hydrogen-bond acceptors (Lipinski definition) is 0. The topological polar surface area (TPSA) is 0 Å². The molecule has 4 aliphatic carbocycles. The highest BCUT2D eigenvalue weighted by molar-refractivity contribution is 9.12. The second-order valence-electron chi connectivity index (χ2n) is 11.2. The Morgan fingerprint density at radius 1 is 0.571 bits per heavy atom. The van der Waals surface area contributed by atoms with Gasteiger partial charge in [0.1, 0.15) is 0 Å². The maximum Gasteiger partial charge on any atom is 0.0106 e. The normalized spacial score (nSPS) is 39.4. The minimum Gasteiger partial charge on any atom is -0.0908 e. The van der Waals surface area contributed by atoms with E-state index in [1.807, 2.05) is 0 Å². The fourth-order valence-corrected chi connectivity index (χ4v) is 7.85. The molecule has 28 heavy (non-hydrogen) atoms. The van der Waals surface area contributed by atoms with E-state index in [1.165, 1.54) is 43.9 Å². The zero-order valence-corrected chi connectivity index (χ0v) is 19.7. The lowest BCUT2D eigenvalue weighted by atomic mass is 9.77. The molecule has 4 saturated carbocycles. The first kappa shape index (κ1) is 21.3. The third kappa shape index (κ3) is 6.03. The first-order chi connectivity index (χ1) is 13.8. The van der Waals surface area contributed by atoms with Crippen molar-refractivity contribution in [3.8, 4) is 10.8 Å². The van der Waals surface area contributed by atoms with E-state index in [9.17, 15) is 0 Å². The average molecular weight is 448 g/mol. The molecule has 158 valence electrons. The first-order valence-corrected chi connectivity index (χ1v) is 13.7. The monoisotopic (exact) mass is 446 g/mol. The second-order valence-corrected chi connectivity index (χ2v) is 11.6. The summed E-state index contributed by atoms with van der Waals surface area (Å²) in [5, 5.41) is 0. The molecule has 0 aromatic rings. The highest BCUT2D eigenvalue weighted by Gasteiger charge is 2.41. The molecule has 4 aliphatic rings. The van der Waals surface area contributed by atoms with Crippen molar-refractivity contribution >= 4 is 15.9 Å². The van der Waals surface area contributed by atoms with Crippen LogP contribution in [-0.4, -0.2) is 0 Å². The van der Waals surface area contributed by atoms with E-state index in [-0.39, 0.29) is 0 Å². The van der Waals surface area contributed by atoms with E-state index < -0.39 is 0 Å². The fraction of sp³-hybridized carbons (Fsp3) is 0.926. The van der Waals surface area contributed by atoms with Crippen molar-refractivity contribution in [2.45, 2.75) is 116 Å². The van der Waals surface area contributed by atoms with Gasteiger partial charge < -0.3 is 0 Å². The van der Waals surface area contributed by atoms with Crippen LogP contribution in [0.3, 0.4) is 0 Å². The van der Waals surface area contributed by atoms with Gasteiger partial charge in [-0.15, -0.1) is 0 Å². The summed E-state index contributed by atoms with van der Waals surface area (Å²) in [6, 6.07) is 0.